The number of hydrogen-bond acceptors (Lipinski definition) is 4. The number of rotatable bonds is 5. The number of ether oxygens (including phenoxy) is 3. The number of benzene rings is 2. The van der Waals surface area contributed by atoms with Crippen molar-refractivity contribution in [2.45, 2.75) is 6.54 Å². The number of para-hydroxylation sites is 1. The Morgan fingerprint density at radius 1 is 0.957 bits per heavy atom. The lowest BCUT2D eigenvalue weighted by Crippen LogP contribution is -1.99. The third-order valence-electron chi connectivity index (χ3n) is 3.97. The van der Waals surface area contributed by atoms with E-state index >= 15 is 0 Å². The minimum atomic E-state index is 0.440. The first kappa shape index (κ1) is 15.2. The van der Waals surface area contributed by atoms with Crippen LogP contribution in [-0.2, 0) is 6.54 Å². The molecule has 1 heterocycles. The molecule has 0 amide bonds. The highest BCUT2D eigenvalue weighted by molar-refractivity contribution is 5.91. The molecule has 3 N–H and O–H groups in total. The third kappa shape index (κ3) is 2.49. The molecule has 3 aromatic rings. The molecule has 0 atom stereocenters. The van der Waals surface area contributed by atoms with Gasteiger partial charge in [0.25, 0.3) is 0 Å². The molecule has 0 aliphatic carbocycles. The molecule has 0 unspecified atom stereocenters. The maximum absolute atomic E-state index is 5.99. The predicted octanol–water partition coefficient (Wildman–Crippen LogP) is 3.32. The van der Waals surface area contributed by atoms with Gasteiger partial charge < -0.3 is 24.9 Å². The number of fused-ring (bicyclic) bond motifs is 1. The first-order valence-corrected chi connectivity index (χ1v) is 7.33. The Balaban J connectivity index is 2.26. The Bertz CT molecular complexity index is 814. The van der Waals surface area contributed by atoms with Gasteiger partial charge in [-0.05, 0) is 23.8 Å². The van der Waals surface area contributed by atoms with E-state index < -0.39 is 0 Å². The maximum Gasteiger partial charge on any atom is 0.203 e. The normalized spacial score (nSPS) is 10.8. The smallest absolute Gasteiger partial charge is 0.203 e. The van der Waals surface area contributed by atoms with E-state index in [1.165, 1.54) is 0 Å². The van der Waals surface area contributed by atoms with E-state index in [1.807, 2.05) is 30.3 Å². The molecule has 120 valence electrons. The summed E-state index contributed by atoms with van der Waals surface area (Å²) < 4.78 is 16.3. The minimum Gasteiger partial charge on any atom is -0.493 e. The molecular weight excluding hydrogens is 292 g/mol. The molecule has 2 aromatic carbocycles. The molecule has 0 saturated carbocycles. The lowest BCUT2D eigenvalue weighted by Gasteiger charge is -2.14. The van der Waals surface area contributed by atoms with E-state index in [9.17, 15) is 0 Å². The van der Waals surface area contributed by atoms with E-state index in [-0.39, 0.29) is 0 Å². The van der Waals surface area contributed by atoms with Gasteiger partial charge in [-0.1, -0.05) is 18.2 Å². The number of methoxy groups -OCH3 is 3. The summed E-state index contributed by atoms with van der Waals surface area (Å²) in [4.78, 5) is 3.44. The van der Waals surface area contributed by atoms with Crippen molar-refractivity contribution in [3.63, 3.8) is 0 Å². The largest absolute Gasteiger partial charge is 0.493 e. The first-order chi connectivity index (χ1) is 11.2. The highest BCUT2D eigenvalue weighted by Gasteiger charge is 2.18. The number of hydrogen-bond donors (Lipinski definition) is 2. The van der Waals surface area contributed by atoms with Crippen LogP contribution in [0.25, 0.3) is 22.2 Å². The molecule has 0 aliphatic rings. The van der Waals surface area contributed by atoms with Gasteiger partial charge in [0.05, 0.1) is 27.0 Å². The molecule has 0 saturated heterocycles. The summed E-state index contributed by atoms with van der Waals surface area (Å²) in [6, 6.07) is 12.0. The van der Waals surface area contributed by atoms with Crippen molar-refractivity contribution in [3.8, 4) is 28.5 Å². The summed E-state index contributed by atoms with van der Waals surface area (Å²) in [5.41, 5.74) is 10.0. The molecule has 0 radical (unpaired) electrons. The average Bonchev–Trinajstić information content (AvgIpc) is 2.98. The third-order valence-corrected chi connectivity index (χ3v) is 3.97. The summed E-state index contributed by atoms with van der Waals surface area (Å²) in [6.45, 7) is 0.440. The van der Waals surface area contributed by atoms with Crippen molar-refractivity contribution in [3.05, 3.63) is 42.0 Å². The fourth-order valence-corrected chi connectivity index (χ4v) is 2.88. The number of aromatic amines is 1. The number of H-pyrrole nitrogens is 1. The van der Waals surface area contributed by atoms with Gasteiger partial charge in [-0.25, -0.2) is 0 Å². The van der Waals surface area contributed by atoms with Gasteiger partial charge in [-0.3, -0.25) is 0 Å². The molecule has 0 bridgehead atoms. The summed E-state index contributed by atoms with van der Waals surface area (Å²) >= 11 is 0. The van der Waals surface area contributed by atoms with Gasteiger partial charge in [-0.15, -0.1) is 0 Å². The van der Waals surface area contributed by atoms with Crippen LogP contribution < -0.4 is 19.9 Å². The van der Waals surface area contributed by atoms with Crippen LogP contribution in [0.3, 0.4) is 0 Å². The average molecular weight is 312 g/mol. The van der Waals surface area contributed by atoms with E-state index in [0.717, 1.165) is 27.7 Å². The molecule has 0 fully saturated rings. The van der Waals surface area contributed by atoms with Gasteiger partial charge in [0.15, 0.2) is 11.5 Å². The second kappa shape index (κ2) is 6.22. The van der Waals surface area contributed by atoms with Crippen molar-refractivity contribution in [1.82, 2.24) is 4.98 Å². The quantitative estimate of drug-likeness (QED) is 0.758. The van der Waals surface area contributed by atoms with Crippen LogP contribution >= 0.6 is 0 Å². The zero-order valence-electron chi connectivity index (χ0n) is 13.5. The maximum atomic E-state index is 5.99. The van der Waals surface area contributed by atoms with Crippen LogP contribution in [-0.4, -0.2) is 26.3 Å². The second-order valence-corrected chi connectivity index (χ2v) is 5.14. The first-order valence-electron chi connectivity index (χ1n) is 7.33. The molecule has 0 aliphatic heterocycles. The molecule has 5 nitrogen and oxygen atoms in total. The van der Waals surface area contributed by atoms with E-state index in [1.54, 1.807) is 21.3 Å². The van der Waals surface area contributed by atoms with Gasteiger partial charge in [0.2, 0.25) is 5.75 Å². The topological polar surface area (TPSA) is 69.5 Å². The number of nitrogens with one attached hydrogen (secondary N) is 1. The molecule has 1 aromatic heterocycles. The fraction of sp³-hybridized carbons (Fsp3) is 0.222. The van der Waals surface area contributed by atoms with Gasteiger partial charge >= 0.3 is 0 Å². The number of nitrogens with two attached hydrogens (primary N) is 1. The summed E-state index contributed by atoms with van der Waals surface area (Å²) in [6.07, 6.45) is 0. The van der Waals surface area contributed by atoms with E-state index in [0.29, 0.717) is 23.8 Å². The molecular formula is C18H20N2O3. The standard InChI is InChI=1S/C18H20N2O3/c1-21-15-8-11(9-16(22-2)18(15)23-3)17-13(10-19)12-6-4-5-7-14(12)20-17/h4-9,20H,10,19H2,1-3H3. The highest BCUT2D eigenvalue weighted by atomic mass is 16.5. The van der Waals surface area contributed by atoms with Crippen LogP contribution in [0.2, 0.25) is 0 Å². The Morgan fingerprint density at radius 3 is 2.17 bits per heavy atom. The molecule has 23 heavy (non-hydrogen) atoms. The van der Waals surface area contributed by atoms with Gasteiger partial charge in [0.1, 0.15) is 0 Å². The Labute approximate surface area is 135 Å². The van der Waals surface area contributed by atoms with Crippen LogP contribution in [0.1, 0.15) is 5.56 Å². The van der Waals surface area contributed by atoms with Crippen molar-refractivity contribution >= 4 is 10.9 Å². The van der Waals surface area contributed by atoms with Crippen LogP contribution in [0.4, 0.5) is 0 Å². The monoisotopic (exact) mass is 312 g/mol. The highest BCUT2D eigenvalue weighted by Crippen LogP contribution is 2.42. The number of aromatic nitrogens is 1. The Hall–Kier alpha value is -2.66. The van der Waals surface area contributed by atoms with E-state index in [2.05, 4.69) is 11.1 Å². The predicted molar refractivity (Wildman–Crippen MR) is 91.3 cm³/mol. The van der Waals surface area contributed by atoms with E-state index in [4.69, 9.17) is 19.9 Å². The van der Waals surface area contributed by atoms with Gasteiger partial charge in [0, 0.05) is 23.0 Å². The Morgan fingerprint density at radius 2 is 1.61 bits per heavy atom. The summed E-state index contributed by atoms with van der Waals surface area (Å²) in [5, 5.41) is 1.12. The van der Waals surface area contributed by atoms with Crippen molar-refractivity contribution in [2.75, 3.05) is 21.3 Å². The lowest BCUT2D eigenvalue weighted by atomic mass is 10.0. The van der Waals surface area contributed by atoms with Crippen LogP contribution in [0.15, 0.2) is 36.4 Å². The SMILES string of the molecule is COc1cc(-c2[nH]c3ccccc3c2CN)cc(OC)c1OC. The van der Waals surface area contributed by atoms with Gasteiger partial charge in [-0.2, -0.15) is 0 Å². The van der Waals surface area contributed by atoms with Crippen molar-refractivity contribution in [2.24, 2.45) is 5.73 Å². The lowest BCUT2D eigenvalue weighted by molar-refractivity contribution is 0.324. The second-order valence-electron chi connectivity index (χ2n) is 5.14. The summed E-state index contributed by atoms with van der Waals surface area (Å²) in [7, 11) is 4.81. The zero-order chi connectivity index (χ0) is 16.4. The van der Waals surface area contributed by atoms with Crippen LogP contribution in [0, 0.1) is 0 Å². The molecule has 3 rings (SSSR count). The molecule has 5 heteroatoms. The van der Waals surface area contributed by atoms with Crippen LogP contribution in [0.5, 0.6) is 17.2 Å². The van der Waals surface area contributed by atoms with Crippen molar-refractivity contribution in [1.29, 1.82) is 0 Å². The summed E-state index contributed by atoms with van der Waals surface area (Å²) in [5.74, 6) is 1.80. The fourth-order valence-electron chi connectivity index (χ4n) is 2.88. The Kier molecular flexibility index (Phi) is 4.12. The van der Waals surface area contributed by atoms with Crippen molar-refractivity contribution < 1.29 is 14.2 Å². The zero-order valence-corrected chi connectivity index (χ0v) is 13.5. The molecule has 0 spiro atoms. The minimum absolute atomic E-state index is 0.440.